The second-order valence-corrected chi connectivity index (χ2v) is 6.54. The summed E-state index contributed by atoms with van der Waals surface area (Å²) in [6.07, 6.45) is 2.93. The molecule has 0 fully saturated rings. The van der Waals surface area contributed by atoms with Crippen molar-refractivity contribution in [3.8, 4) is 0 Å². The Labute approximate surface area is 155 Å². The molecule has 0 unspecified atom stereocenters. The molecule has 6 nitrogen and oxygen atoms in total. The van der Waals surface area contributed by atoms with Gasteiger partial charge in [-0.05, 0) is 44.0 Å². The predicted molar refractivity (Wildman–Crippen MR) is 100 cm³/mol. The number of carbonyl (C=O) groups excluding carboxylic acids is 2. The fourth-order valence-corrected chi connectivity index (χ4v) is 2.87. The lowest BCUT2D eigenvalue weighted by molar-refractivity contribution is -0.142. The standard InChI is InChI=1S/C18H20BrN3O3/c1-11-5-6-14(15(19)9-11)7-8-17(24)25-10-16(23)20-18-12(2)21-22(4)13(18)3/h5-9H,10H2,1-4H3,(H,20,23)/b8-7+. The van der Waals surface area contributed by atoms with Gasteiger partial charge in [-0.15, -0.1) is 0 Å². The predicted octanol–water partition coefficient (Wildman–Crippen LogP) is 3.30. The molecule has 1 amide bonds. The van der Waals surface area contributed by atoms with Crippen LogP contribution in [0.25, 0.3) is 6.08 Å². The average molecular weight is 406 g/mol. The van der Waals surface area contributed by atoms with Crippen LogP contribution >= 0.6 is 15.9 Å². The molecule has 0 radical (unpaired) electrons. The molecule has 0 bridgehead atoms. The number of halogens is 1. The number of nitrogens with one attached hydrogen (secondary N) is 1. The van der Waals surface area contributed by atoms with Crippen molar-refractivity contribution >= 4 is 39.6 Å². The number of benzene rings is 1. The maximum atomic E-state index is 11.9. The Balaban J connectivity index is 1.89. The highest BCUT2D eigenvalue weighted by molar-refractivity contribution is 9.10. The third kappa shape index (κ3) is 5.03. The Bertz CT molecular complexity index is 840. The number of aryl methyl sites for hydroxylation is 3. The molecule has 0 aliphatic rings. The van der Waals surface area contributed by atoms with Gasteiger partial charge in [0.05, 0.1) is 17.1 Å². The van der Waals surface area contributed by atoms with E-state index in [4.69, 9.17) is 4.74 Å². The topological polar surface area (TPSA) is 73.2 Å². The molecule has 25 heavy (non-hydrogen) atoms. The van der Waals surface area contributed by atoms with Crippen LogP contribution < -0.4 is 5.32 Å². The van der Waals surface area contributed by atoms with E-state index in [9.17, 15) is 9.59 Å². The van der Waals surface area contributed by atoms with Crippen molar-refractivity contribution in [2.75, 3.05) is 11.9 Å². The van der Waals surface area contributed by atoms with Crippen LogP contribution in [0, 0.1) is 20.8 Å². The van der Waals surface area contributed by atoms with Crippen LogP contribution in [0.2, 0.25) is 0 Å². The Morgan fingerprint density at radius 3 is 2.64 bits per heavy atom. The van der Waals surface area contributed by atoms with E-state index in [1.54, 1.807) is 24.7 Å². The van der Waals surface area contributed by atoms with E-state index in [1.807, 2.05) is 32.0 Å². The third-order valence-corrected chi connectivity index (χ3v) is 4.36. The van der Waals surface area contributed by atoms with E-state index < -0.39 is 11.9 Å². The summed E-state index contributed by atoms with van der Waals surface area (Å²) in [5.41, 5.74) is 4.16. The van der Waals surface area contributed by atoms with Gasteiger partial charge in [-0.1, -0.05) is 28.1 Å². The highest BCUT2D eigenvalue weighted by Crippen LogP contribution is 2.20. The Hall–Kier alpha value is -2.41. The molecule has 0 aliphatic carbocycles. The smallest absolute Gasteiger partial charge is 0.331 e. The fourth-order valence-electron chi connectivity index (χ4n) is 2.24. The van der Waals surface area contributed by atoms with Crippen molar-refractivity contribution in [1.29, 1.82) is 0 Å². The van der Waals surface area contributed by atoms with Gasteiger partial charge in [0, 0.05) is 17.6 Å². The molecule has 0 spiro atoms. The maximum absolute atomic E-state index is 11.9. The van der Waals surface area contributed by atoms with E-state index in [1.165, 1.54) is 6.08 Å². The summed E-state index contributed by atoms with van der Waals surface area (Å²) in [6.45, 7) is 5.28. The lowest BCUT2D eigenvalue weighted by Crippen LogP contribution is -2.20. The van der Waals surface area contributed by atoms with E-state index in [2.05, 4.69) is 26.3 Å². The molecule has 1 N–H and O–H groups in total. The highest BCUT2D eigenvalue weighted by atomic mass is 79.9. The molecule has 0 aliphatic heterocycles. The summed E-state index contributed by atoms with van der Waals surface area (Å²) < 4.78 is 7.53. The lowest BCUT2D eigenvalue weighted by Gasteiger charge is -2.06. The van der Waals surface area contributed by atoms with Gasteiger partial charge in [0.2, 0.25) is 0 Å². The molecule has 0 saturated carbocycles. The number of carbonyl (C=O) groups is 2. The van der Waals surface area contributed by atoms with Crippen molar-refractivity contribution < 1.29 is 14.3 Å². The van der Waals surface area contributed by atoms with Crippen LogP contribution in [-0.2, 0) is 21.4 Å². The molecule has 7 heteroatoms. The fraction of sp³-hybridized carbons (Fsp3) is 0.278. The van der Waals surface area contributed by atoms with E-state index in [0.29, 0.717) is 11.4 Å². The molecule has 2 aromatic rings. The van der Waals surface area contributed by atoms with Gasteiger partial charge in [0.15, 0.2) is 6.61 Å². The van der Waals surface area contributed by atoms with Gasteiger partial charge in [-0.25, -0.2) is 4.79 Å². The number of nitrogens with zero attached hydrogens (tertiary/aromatic N) is 2. The molecular formula is C18H20BrN3O3. The van der Waals surface area contributed by atoms with Crippen molar-refractivity contribution in [2.45, 2.75) is 20.8 Å². The average Bonchev–Trinajstić information content (AvgIpc) is 2.78. The van der Waals surface area contributed by atoms with E-state index in [0.717, 1.165) is 21.3 Å². The van der Waals surface area contributed by atoms with Crippen LogP contribution in [0.1, 0.15) is 22.5 Å². The molecule has 1 aromatic carbocycles. The number of esters is 1. The number of rotatable bonds is 5. The van der Waals surface area contributed by atoms with Crippen LogP contribution in [0.15, 0.2) is 28.7 Å². The molecular weight excluding hydrogens is 386 g/mol. The minimum Gasteiger partial charge on any atom is -0.452 e. The van der Waals surface area contributed by atoms with Gasteiger partial charge >= 0.3 is 5.97 Å². The zero-order valence-corrected chi connectivity index (χ0v) is 16.2. The summed E-state index contributed by atoms with van der Waals surface area (Å²) in [6, 6.07) is 5.79. The zero-order valence-electron chi connectivity index (χ0n) is 14.6. The first kappa shape index (κ1) is 18.9. The zero-order chi connectivity index (χ0) is 18.6. The molecule has 0 atom stereocenters. The first-order valence-corrected chi connectivity index (χ1v) is 8.48. The van der Waals surface area contributed by atoms with Crippen molar-refractivity contribution in [3.63, 3.8) is 0 Å². The monoisotopic (exact) mass is 405 g/mol. The number of anilines is 1. The second kappa shape index (κ2) is 8.11. The Morgan fingerprint density at radius 1 is 1.32 bits per heavy atom. The number of amides is 1. The van der Waals surface area contributed by atoms with Crippen LogP contribution in [0.5, 0.6) is 0 Å². The first-order chi connectivity index (χ1) is 11.8. The van der Waals surface area contributed by atoms with Crippen LogP contribution in [0.4, 0.5) is 5.69 Å². The molecule has 2 rings (SSSR count). The summed E-state index contributed by atoms with van der Waals surface area (Å²) in [4.78, 5) is 23.7. The van der Waals surface area contributed by atoms with E-state index in [-0.39, 0.29) is 6.61 Å². The minimum atomic E-state index is -0.581. The number of aromatic nitrogens is 2. The first-order valence-electron chi connectivity index (χ1n) is 7.69. The van der Waals surface area contributed by atoms with Gasteiger partial charge < -0.3 is 10.1 Å². The minimum absolute atomic E-state index is 0.355. The normalized spacial score (nSPS) is 10.9. The number of hydrogen-bond acceptors (Lipinski definition) is 4. The maximum Gasteiger partial charge on any atom is 0.331 e. The molecule has 1 aromatic heterocycles. The quantitative estimate of drug-likeness (QED) is 0.611. The van der Waals surface area contributed by atoms with Crippen LogP contribution in [-0.4, -0.2) is 28.3 Å². The van der Waals surface area contributed by atoms with Gasteiger partial charge in [-0.3, -0.25) is 9.48 Å². The van der Waals surface area contributed by atoms with E-state index >= 15 is 0 Å². The number of hydrogen-bond donors (Lipinski definition) is 1. The molecule has 0 saturated heterocycles. The second-order valence-electron chi connectivity index (χ2n) is 5.68. The largest absolute Gasteiger partial charge is 0.452 e. The Morgan fingerprint density at radius 2 is 2.04 bits per heavy atom. The summed E-state index contributed by atoms with van der Waals surface area (Å²) in [7, 11) is 1.80. The van der Waals surface area contributed by atoms with Gasteiger partial charge in [0.25, 0.3) is 5.91 Å². The lowest BCUT2D eigenvalue weighted by atomic mass is 10.1. The van der Waals surface area contributed by atoms with Crippen molar-refractivity contribution in [1.82, 2.24) is 9.78 Å². The van der Waals surface area contributed by atoms with Gasteiger partial charge in [-0.2, -0.15) is 5.10 Å². The summed E-state index contributed by atoms with van der Waals surface area (Å²) >= 11 is 3.44. The third-order valence-electron chi connectivity index (χ3n) is 3.67. The van der Waals surface area contributed by atoms with Crippen LogP contribution in [0.3, 0.4) is 0 Å². The molecule has 132 valence electrons. The van der Waals surface area contributed by atoms with Crippen molar-refractivity contribution in [2.24, 2.45) is 7.05 Å². The SMILES string of the molecule is Cc1ccc(/C=C/C(=O)OCC(=O)Nc2c(C)nn(C)c2C)c(Br)c1. The number of ether oxygens (including phenoxy) is 1. The van der Waals surface area contributed by atoms with Gasteiger partial charge in [0.1, 0.15) is 0 Å². The molecule has 1 heterocycles. The summed E-state index contributed by atoms with van der Waals surface area (Å²) in [5.74, 6) is -0.986. The highest BCUT2D eigenvalue weighted by Gasteiger charge is 2.13. The summed E-state index contributed by atoms with van der Waals surface area (Å²) in [5, 5.41) is 6.93. The van der Waals surface area contributed by atoms with Crippen molar-refractivity contribution in [3.05, 3.63) is 51.3 Å². The Kier molecular flexibility index (Phi) is 6.14.